The smallest absolute Gasteiger partial charge is 0.459 e. The minimum absolute atomic E-state index is 0.134. The molecule has 0 spiro atoms. The second-order valence-corrected chi connectivity index (χ2v) is 6.26. The summed E-state index contributed by atoms with van der Waals surface area (Å²) in [5.74, 6) is -0.267. The lowest BCUT2D eigenvalue weighted by Crippen LogP contribution is -2.41. The summed E-state index contributed by atoms with van der Waals surface area (Å²) < 4.78 is 27.5. The zero-order valence-corrected chi connectivity index (χ0v) is 12.9. The molecule has 0 aliphatic carbocycles. The van der Waals surface area contributed by atoms with Gasteiger partial charge < -0.3 is 9.26 Å². The molecule has 112 valence electrons. The van der Waals surface area contributed by atoms with Crippen LogP contribution in [0.2, 0.25) is 0 Å². The average Bonchev–Trinajstić information content (AvgIpc) is 2.45. The van der Waals surface area contributed by atoms with E-state index in [9.17, 15) is 9.36 Å². The number of hydrogen-bond donors (Lipinski definition) is 1. The first-order valence-corrected chi connectivity index (χ1v) is 7.72. The first kappa shape index (κ1) is 16.7. The van der Waals surface area contributed by atoms with Gasteiger partial charge in [0.25, 0.3) is 0 Å². The van der Waals surface area contributed by atoms with Gasteiger partial charge in [0, 0.05) is 7.11 Å². The van der Waals surface area contributed by atoms with Crippen molar-refractivity contribution in [1.82, 2.24) is 5.09 Å². The normalized spacial score (nSPS) is 15.4. The third kappa shape index (κ3) is 4.63. The van der Waals surface area contributed by atoms with E-state index in [1.807, 2.05) is 6.07 Å². The van der Waals surface area contributed by atoms with Crippen molar-refractivity contribution >= 4 is 13.7 Å². The number of carbonyl (C=O) groups is 1. The fourth-order valence-corrected chi connectivity index (χ4v) is 2.88. The monoisotopic (exact) mass is 301 g/mol. The molecule has 0 saturated heterocycles. The van der Waals surface area contributed by atoms with Gasteiger partial charge in [-0.25, -0.2) is 4.57 Å². The third-order valence-corrected chi connectivity index (χ3v) is 4.15. The highest BCUT2D eigenvalue weighted by molar-refractivity contribution is 7.52. The zero-order valence-electron chi connectivity index (χ0n) is 12.0. The van der Waals surface area contributed by atoms with Crippen LogP contribution in [0.4, 0.5) is 0 Å². The fraction of sp³-hybridized carbons (Fsp3) is 0.462. The largest absolute Gasteiger partial charge is 0.468 e. The van der Waals surface area contributed by atoms with Crippen molar-refractivity contribution < 1.29 is 23.1 Å². The first-order chi connectivity index (χ1) is 9.41. The number of ether oxygens (including phenoxy) is 1. The molecule has 0 bridgehead atoms. The Bertz CT molecular complexity index is 477. The molecule has 2 atom stereocenters. The zero-order chi connectivity index (χ0) is 15.2. The molecule has 0 amide bonds. The number of hydrogen-bond acceptors (Lipinski definition) is 5. The molecule has 0 saturated carbocycles. The van der Waals surface area contributed by atoms with Gasteiger partial charge in [-0.2, -0.15) is 5.09 Å². The maximum Gasteiger partial charge on any atom is 0.459 e. The Hall–Kier alpha value is -1.36. The highest BCUT2D eigenvalue weighted by Crippen LogP contribution is 2.44. The minimum atomic E-state index is -3.65. The summed E-state index contributed by atoms with van der Waals surface area (Å²) in [6.07, 6.45) is 0. The minimum Gasteiger partial charge on any atom is -0.468 e. The summed E-state index contributed by atoms with van der Waals surface area (Å²) in [6.45, 7) is 3.61. The van der Waals surface area contributed by atoms with Crippen molar-refractivity contribution in [3.63, 3.8) is 0 Å². The topological polar surface area (TPSA) is 73.9 Å². The molecule has 0 aromatic heterocycles. The van der Waals surface area contributed by atoms with Crippen LogP contribution in [-0.4, -0.2) is 26.2 Å². The first-order valence-electron chi connectivity index (χ1n) is 6.18. The van der Waals surface area contributed by atoms with Gasteiger partial charge in [0.1, 0.15) is 11.8 Å². The van der Waals surface area contributed by atoms with Gasteiger partial charge in [0.05, 0.1) is 7.11 Å². The van der Waals surface area contributed by atoms with Gasteiger partial charge in [-0.1, -0.05) is 32.0 Å². The highest BCUT2D eigenvalue weighted by Gasteiger charge is 2.34. The number of para-hydroxylation sites is 1. The molecule has 0 aliphatic rings. The molecule has 6 nitrogen and oxygen atoms in total. The van der Waals surface area contributed by atoms with Crippen LogP contribution < -0.4 is 9.61 Å². The number of esters is 1. The van der Waals surface area contributed by atoms with Crippen LogP contribution in [0.25, 0.3) is 0 Å². The van der Waals surface area contributed by atoms with Crippen molar-refractivity contribution in [3.05, 3.63) is 30.3 Å². The van der Waals surface area contributed by atoms with E-state index in [0.29, 0.717) is 5.75 Å². The molecular weight excluding hydrogens is 281 g/mol. The Morgan fingerprint density at radius 3 is 2.25 bits per heavy atom. The van der Waals surface area contributed by atoms with Crippen molar-refractivity contribution in [2.24, 2.45) is 5.92 Å². The molecule has 1 aromatic rings. The van der Waals surface area contributed by atoms with E-state index in [1.54, 1.807) is 38.1 Å². The molecule has 0 radical (unpaired) electrons. The molecule has 0 aliphatic heterocycles. The Morgan fingerprint density at radius 1 is 1.20 bits per heavy atom. The molecular formula is C13H20NO5P. The molecule has 1 unspecified atom stereocenters. The number of benzene rings is 1. The van der Waals surface area contributed by atoms with E-state index in [4.69, 9.17) is 9.05 Å². The molecule has 1 aromatic carbocycles. The maximum absolute atomic E-state index is 12.5. The molecule has 20 heavy (non-hydrogen) atoms. The summed E-state index contributed by atoms with van der Waals surface area (Å²) in [5, 5.41) is 2.62. The fourth-order valence-electron chi connectivity index (χ4n) is 1.51. The number of carbonyl (C=O) groups excluding carboxylic acids is 1. The Labute approximate surface area is 119 Å². The maximum atomic E-state index is 12.5. The average molecular weight is 301 g/mol. The summed E-state index contributed by atoms with van der Waals surface area (Å²) in [7, 11) is -1.12. The predicted molar refractivity (Wildman–Crippen MR) is 75.5 cm³/mol. The second-order valence-electron chi connectivity index (χ2n) is 4.46. The van der Waals surface area contributed by atoms with E-state index in [-0.39, 0.29) is 5.92 Å². The summed E-state index contributed by atoms with van der Waals surface area (Å²) in [4.78, 5) is 11.7. The second kappa shape index (κ2) is 7.43. The lowest BCUT2D eigenvalue weighted by Gasteiger charge is -2.25. The third-order valence-electron chi connectivity index (χ3n) is 2.63. The molecule has 0 fully saturated rings. The van der Waals surface area contributed by atoms with Crippen LogP contribution in [0.3, 0.4) is 0 Å². The molecule has 0 heterocycles. The van der Waals surface area contributed by atoms with Crippen LogP contribution in [-0.2, 0) is 18.6 Å². The van der Waals surface area contributed by atoms with Gasteiger partial charge in [-0.3, -0.25) is 9.32 Å². The number of rotatable bonds is 7. The molecule has 1 rings (SSSR count). The van der Waals surface area contributed by atoms with Crippen LogP contribution in [0.5, 0.6) is 5.75 Å². The van der Waals surface area contributed by atoms with Crippen LogP contribution in [0.15, 0.2) is 30.3 Å². The van der Waals surface area contributed by atoms with Crippen LogP contribution in [0, 0.1) is 5.92 Å². The Balaban J connectivity index is 2.88. The van der Waals surface area contributed by atoms with Crippen LogP contribution in [0.1, 0.15) is 13.8 Å². The Morgan fingerprint density at radius 2 is 1.80 bits per heavy atom. The van der Waals surface area contributed by atoms with Gasteiger partial charge in [0.2, 0.25) is 0 Å². The van der Waals surface area contributed by atoms with E-state index in [1.165, 1.54) is 14.2 Å². The predicted octanol–water partition coefficient (Wildman–Crippen LogP) is 2.61. The lowest BCUT2D eigenvalue weighted by molar-refractivity contribution is -0.143. The van der Waals surface area contributed by atoms with Crippen molar-refractivity contribution in [1.29, 1.82) is 0 Å². The molecule has 1 N–H and O–H groups in total. The van der Waals surface area contributed by atoms with Gasteiger partial charge in [-0.15, -0.1) is 0 Å². The highest BCUT2D eigenvalue weighted by atomic mass is 31.2. The van der Waals surface area contributed by atoms with E-state index >= 15 is 0 Å². The van der Waals surface area contributed by atoms with Gasteiger partial charge in [0.15, 0.2) is 0 Å². The van der Waals surface area contributed by atoms with Crippen molar-refractivity contribution in [2.45, 2.75) is 19.9 Å². The summed E-state index contributed by atoms with van der Waals surface area (Å²) in [5.41, 5.74) is 0. The number of methoxy groups -OCH3 is 1. The Kier molecular flexibility index (Phi) is 6.20. The lowest BCUT2D eigenvalue weighted by atomic mass is 10.1. The summed E-state index contributed by atoms with van der Waals surface area (Å²) in [6, 6.07) is 7.81. The quantitative estimate of drug-likeness (QED) is 0.616. The SMILES string of the molecule is COC(=O)[C@@H](NP(=O)(OC)Oc1ccccc1)C(C)C. The van der Waals surface area contributed by atoms with Crippen molar-refractivity contribution in [2.75, 3.05) is 14.2 Å². The van der Waals surface area contributed by atoms with Gasteiger partial charge >= 0.3 is 13.7 Å². The summed E-state index contributed by atoms with van der Waals surface area (Å²) >= 11 is 0. The van der Waals surface area contributed by atoms with Crippen LogP contribution >= 0.6 is 7.75 Å². The van der Waals surface area contributed by atoms with E-state index in [0.717, 1.165) is 0 Å². The van der Waals surface area contributed by atoms with E-state index in [2.05, 4.69) is 9.82 Å². The van der Waals surface area contributed by atoms with E-state index < -0.39 is 19.8 Å². The standard InChI is InChI=1S/C13H20NO5P/c1-10(2)12(13(15)17-3)14-20(16,18-4)19-11-8-6-5-7-9-11/h5-10,12H,1-4H3,(H,14,16)/t12-,20?/m0/s1. The number of nitrogens with one attached hydrogen (secondary N) is 1. The van der Waals surface area contributed by atoms with Gasteiger partial charge in [-0.05, 0) is 18.1 Å². The van der Waals surface area contributed by atoms with Crippen molar-refractivity contribution in [3.8, 4) is 5.75 Å². The molecule has 7 heteroatoms.